The van der Waals surface area contributed by atoms with Crippen LogP contribution in [-0.2, 0) is 0 Å². The average molecular weight is 224 g/mol. The third-order valence-electron chi connectivity index (χ3n) is 2.91. The first-order valence-electron chi connectivity index (χ1n) is 5.23. The summed E-state index contributed by atoms with van der Waals surface area (Å²) >= 11 is 1.52. The van der Waals surface area contributed by atoms with Gasteiger partial charge in [0.05, 0.1) is 4.88 Å². The van der Waals surface area contributed by atoms with Gasteiger partial charge in [0, 0.05) is 17.0 Å². The minimum absolute atomic E-state index is 0.00447. The van der Waals surface area contributed by atoms with Crippen molar-refractivity contribution >= 4 is 17.2 Å². The van der Waals surface area contributed by atoms with Gasteiger partial charge in [0.1, 0.15) is 0 Å². The molecule has 0 aliphatic heterocycles. The van der Waals surface area contributed by atoms with E-state index >= 15 is 0 Å². The summed E-state index contributed by atoms with van der Waals surface area (Å²) in [5.41, 5.74) is 5.89. The standard InChI is InChI=1S/C11H16N2OS/c1-8-3-4-9(15-8)10(14)13-7-11(12)5-2-6-11/h3-4H,2,5-7,12H2,1H3,(H,13,14). The van der Waals surface area contributed by atoms with Crippen LogP contribution in [-0.4, -0.2) is 18.0 Å². The lowest BCUT2D eigenvalue weighted by molar-refractivity contribution is 0.0934. The van der Waals surface area contributed by atoms with Gasteiger partial charge in [-0.05, 0) is 38.3 Å². The number of nitrogens with two attached hydrogens (primary N) is 1. The number of carbonyl (C=O) groups excluding carboxylic acids is 1. The van der Waals surface area contributed by atoms with Crippen molar-refractivity contribution in [3.05, 3.63) is 21.9 Å². The Hall–Kier alpha value is -0.870. The molecular formula is C11H16N2OS. The highest BCUT2D eigenvalue weighted by Gasteiger charge is 2.32. The maximum Gasteiger partial charge on any atom is 0.261 e. The van der Waals surface area contributed by atoms with Crippen molar-refractivity contribution in [2.45, 2.75) is 31.7 Å². The third kappa shape index (κ3) is 2.38. The maximum absolute atomic E-state index is 11.7. The SMILES string of the molecule is Cc1ccc(C(=O)NCC2(N)CCC2)s1. The fourth-order valence-electron chi connectivity index (χ4n) is 1.71. The van der Waals surface area contributed by atoms with E-state index in [-0.39, 0.29) is 11.4 Å². The van der Waals surface area contributed by atoms with Gasteiger partial charge in [0.2, 0.25) is 0 Å². The van der Waals surface area contributed by atoms with Crippen molar-refractivity contribution in [2.75, 3.05) is 6.54 Å². The fraction of sp³-hybridized carbons (Fsp3) is 0.545. The van der Waals surface area contributed by atoms with E-state index in [2.05, 4.69) is 5.32 Å². The minimum atomic E-state index is -0.137. The zero-order chi connectivity index (χ0) is 10.9. The van der Waals surface area contributed by atoms with E-state index in [0.29, 0.717) is 6.54 Å². The van der Waals surface area contributed by atoms with E-state index in [1.165, 1.54) is 17.8 Å². The Bertz CT molecular complexity index is 368. The molecule has 1 aliphatic carbocycles. The molecule has 1 amide bonds. The first-order valence-corrected chi connectivity index (χ1v) is 6.04. The van der Waals surface area contributed by atoms with Crippen LogP contribution in [0.2, 0.25) is 0 Å². The number of nitrogens with one attached hydrogen (secondary N) is 1. The quantitative estimate of drug-likeness (QED) is 0.820. The molecule has 0 unspecified atom stereocenters. The van der Waals surface area contributed by atoms with E-state index < -0.39 is 0 Å². The first kappa shape index (κ1) is 10.6. The Kier molecular flexibility index (Phi) is 2.80. The molecule has 1 saturated carbocycles. The van der Waals surface area contributed by atoms with E-state index in [1.807, 2.05) is 19.1 Å². The zero-order valence-corrected chi connectivity index (χ0v) is 9.69. The van der Waals surface area contributed by atoms with Crippen LogP contribution in [0.1, 0.15) is 33.8 Å². The molecule has 0 radical (unpaired) electrons. The van der Waals surface area contributed by atoms with Gasteiger partial charge in [0.25, 0.3) is 5.91 Å². The summed E-state index contributed by atoms with van der Waals surface area (Å²) in [5.74, 6) is 0.00447. The fourth-order valence-corrected chi connectivity index (χ4v) is 2.49. The van der Waals surface area contributed by atoms with Gasteiger partial charge in [0.15, 0.2) is 0 Å². The Morgan fingerprint density at radius 1 is 1.60 bits per heavy atom. The Labute approximate surface area is 93.7 Å². The highest BCUT2D eigenvalue weighted by Crippen LogP contribution is 2.28. The first-order chi connectivity index (χ1) is 7.09. The lowest BCUT2D eigenvalue weighted by atomic mass is 9.78. The molecule has 1 heterocycles. The molecule has 0 bridgehead atoms. The van der Waals surface area contributed by atoms with Crippen molar-refractivity contribution in [1.82, 2.24) is 5.32 Å². The van der Waals surface area contributed by atoms with Crippen LogP contribution < -0.4 is 11.1 Å². The Morgan fingerprint density at radius 2 is 2.33 bits per heavy atom. The van der Waals surface area contributed by atoms with E-state index in [0.717, 1.165) is 22.6 Å². The maximum atomic E-state index is 11.7. The molecule has 1 aliphatic rings. The van der Waals surface area contributed by atoms with Gasteiger partial charge in [-0.1, -0.05) is 0 Å². The predicted octanol–water partition coefficient (Wildman–Crippen LogP) is 1.67. The number of thiophene rings is 1. The van der Waals surface area contributed by atoms with Crippen molar-refractivity contribution in [2.24, 2.45) is 5.73 Å². The van der Waals surface area contributed by atoms with Crippen LogP contribution >= 0.6 is 11.3 Å². The summed E-state index contributed by atoms with van der Waals surface area (Å²) in [4.78, 5) is 13.6. The Morgan fingerprint density at radius 3 is 2.80 bits per heavy atom. The van der Waals surface area contributed by atoms with Crippen LogP contribution in [0.15, 0.2) is 12.1 Å². The normalized spacial score (nSPS) is 18.3. The summed E-state index contributed by atoms with van der Waals surface area (Å²) in [6.07, 6.45) is 3.23. The zero-order valence-electron chi connectivity index (χ0n) is 8.88. The molecule has 3 nitrogen and oxygen atoms in total. The molecule has 0 aromatic carbocycles. The second-order valence-corrected chi connectivity index (χ2v) is 5.60. The number of hydrogen-bond acceptors (Lipinski definition) is 3. The van der Waals surface area contributed by atoms with Crippen molar-refractivity contribution in [1.29, 1.82) is 0 Å². The molecule has 0 atom stereocenters. The van der Waals surface area contributed by atoms with Gasteiger partial charge in [-0.15, -0.1) is 11.3 Å². The molecule has 4 heteroatoms. The van der Waals surface area contributed by atoms with Crippen LogP contribution in [0.4, 0.5) is 0 Å². The molecule has 3 N–H and O–H groups in total. The molecule has 1 aromatic heterocycles. The summed E-state index contributed by atoms with van der Waals surface area (Å²) in [7, 11) is 0. The number of rotatable bonds is 3. The largest absolute Gasteiger partial charge is 0.349 e. The second kappa shape index (κ2) is 3.94. The van der Waals surface area contributed by atoms with Gasteiger partial charge in [-0.3, -0.25) is 4.79 Å². The second-order valence-electron chi connectivity index (χ2n) is 4.31. The molecule has 0 spiro atoms. The van der Waals surface area contributed by atoms with Crippen LogP contribution in [0.25, 0.3) is 0 Å². The molecule has 1 fully saturated rings. The number of amides is 1. The predicted molar refractivity (Wildman–Crippen MR) is 62.2 cm³/mol. The van der Waals surface area contributed by atoms with Crippen molar-refractivity contribution in [3.63, 3.8) is 0 Å². The average Bonchev–Trinajstić information content (AvgIpc) is 2.58. The molecule has 0 saturated heterocycles. The van der Waals surface area contributed by atoms with E-state index in [4.69, 9.17) is 5.73 Å². The van der Waals surface area contributed by atoms with Crippen LogP contribution in [0, 0.1) is 6.92 Å². The third-order valence-corrected chi connectivity index (χ3v) is 3.91. The lowest BCUT2D eigenvalue weighted by Crippen LogP contribution is -2.54. The van der Waals surface area contributed by atoms with Crippen LogP contribution in [0.3, 0.4) is 0 Å². The molecular weight excluding hydrogens is 208 g/mol. The van der Waals surface area contributed by atoms with Gasteiger partial charge < -0.3 is 11.1 Å². The monoisotopic (exact) mass is 224 g/mol. The number of aryl methyl sites for hydroxylation is 1. The summed E-state index contributed by atoms with van der Waals surface area (Å²) in [5, 5.41) is 2.90. The van der Waals surface area contributed by atoms with Crippen molar-refractivity contribution < 1.29 is 4.79 Å². The minimum Gasteiger partial charge on any atom is -0.349 e. The summed E-state index contributed by atoms with van der Waals surface area (Å²) in [6, 6.07) is 3.82. The summed E-state index contributed by atoms with van der Waals surface area (Å²) < 4.78 is 0. The van der Waals surface area contributed by atoms with E-state index in [9.17, 15) is 4.79 Å². The van der Waals surface area contributed by atoms with Crippen LogP contribution in [0.5, 0.6) is 0 Å². The topological polar surface area (TPSA) is 55.1 Å². The number of hydrogen-bond donors (Lipinski definition) is 2. The Balaban J connectivity index is 1.87. The highest BCUT2D eigenvalue weighted by atomic mass is 32.1. The summed E-state index contributed by atoms with van der Waals surface area (Å²) in [6.45, 7) is 2.60. The molecule has 1 aromatic rings. The van der Waals surface area contributed by atoms with Gasteiger partial charge >= 0.3 is 0 Å². The highest BCUT2D eigenvalue weighted by molar-refractivity contribution is 7.13. The molecule has 82 valence electrons. The lowest BCUT2D eigenvalue weighted by Gasteiger charge is -2.38. The smallest absolute Gasteiger partial charge is 0.261 e. The van der Waals surface area contributed by atoms with Gasteiger partial charge in [-0.25, -0.2) is 0 Å². The molecule has 2 rings (SSSR count). The molecule has 15 heavy (non-hydrogen) atoms. The van der Waals surface area contributed by atoms with E-state index in [1.54, 1.807) is 0 Å². The van der Waals surface area contributed by atoms with Gasteiger partial charge in [-0.2, -0.15) is 0 Å². The number of carbonyl (C=O) groups is 1. The van der Waals surface area contributed by atoms with Crippen molar-refractivity contribution in [3.8, 4) is 0 Å².